The molecular formula is C12H14ClN3O2. The van der Waals surface area contributed by atoms with Gasteiger partial charge in [-0.3, -0.25) is 9.59 Å². The lowest BCUT2D eigenvalue weighted by atomic mass is 10.2. The molecule has 1 rings (SSSR count). The zero-order valence-electron chi connectivity index (χ0n) is 10.1. The van der Waals surface area contributed by atoms with E-state index in [4.69, 9.17) is 11.6 Å². The number of rotatable bonds is 3. The van der Waals surface area contributed by atoms with Crippen molar-refractivity contribution in [3.63, 3.8) is 0 Å². The number of nitrogens with one attached hydrogen (secondary N) is 2. The van der Waals surface area contributed by atoms with E-state index in [2.05, 4.69) is 15.8 Å². The Hall–Kier alpha value is -1.88. The Morgan fingerprint density at radius 3 is 2.56 bits per heavy atom. The normalized spacial score (nSPS) is 10.7. The van der Waals surface area contributed by atoms with Crippen LogP contribution in [0.4, 0.5) is 0 Å². The van der Waals surface area contributed by atoms with Crippen molar-refractivity contribution in [2.75, 3.05) is 0 Å². The zero-order valence-corrected chi connectivity index (χ0v) is 10.9. The van der Waals surface area contributed by atoms with Gasteiger partial charge < -0.3 is 5.32 Å². The first-order chi connectivity index (χ1) is 8.50. The van der Waals surface area contributed by atoms with Crippen LogP contribution in [0.1, 0.15) is 19.4 Å². The van der Waals surface area contributed by atoms with E-state index in [1.807, 2.05) is 0 Å². The van der Waals surface area contributed by atoms with Gasteiger partial charge >= 0.3 is 11.8 Å². The van der Waals surface area contributed by atoms with Gasteiger partial charge in [-0.1, -0.05) is 29.8 Å². The van der Waals surface area contributed by atoms with Gasteiger partial charge in [0.15, 0.2) is 0 Å². The van der Waals surface area contributed by atoms with E-state index in [0.717, 1.165) is 0 Å². The van der Waals surface area contributed by atoms with Crippen molar-refractivity contribution in [2.45, 2.75) is 19.9 Å². The van der Waals surface area contributed by atoms with Gasteiger partial charge in [0.25, 0.3) is 0 Å². The highest BCUT2D eigenvalue weighted by atomic mass is 35.5. The molecule has 0 saturated carbocycles. The fraction of sp³-hybridized carbons (Fsp3) is 0.250. The number of hydrogen-bond donors (Lipinski definition) is 2. The van der Waals surface area contributed by atoms with Gasteiger partial charge in [0.05, 0.1) is 6.21 Å². The maximum atomic E-state index is 11.3. The number of nitrogens with zero attached hydrogens (tertiary/aromatic N) is 1. The third-order valence-corrected chi connectivity index (χ3v) is 2.25. The summed E-state index contributed by atoms with van der Waals surface area (Å²) in [6.45, 7) is 3.52. The second-order valence-corrected chi connectivity index (χ2v) is 4.26. The predicted octanol–water partition coefficient (Wildman–Crippen LogP) is 1.31. The maximum Gasteiger partial charge on any atom is 0.329 e. The average molecular weight is 268 g/mol. The molecule has 0 aliphatic rings. The molecule has 0 fully saturated rings. The quantitative estimate of drug-likeness (QED) is 0.493. The van der Waals surface area contributed by atoms with Crippen LogP contribution in [0.25, 0.3) is 0 Å². The molecule has 0 bridgehead atoms. The third-order valence-electron chi connectivity index (χ3n) is 1.90. The molecule has 0 radical (unpaired) electrons. The molecule has 0 unspecified atom stereocenters. The van der Waals surface area contributed by atoms with E-state index in [9.17, 15) is 9.59 Å². The number of halogens is 1. The first kappa shape index (κ1) is 14.2. The van der Waals surface area contributed by atoms with E-state index < -0.39 is 11.8 Å². The summed E-state index contributed by atoms with van der Waals surface area (Å²) in [6, 6.07) is 6.92. The number of carbonyl (C=O) groups is 2. The number of benzene rings is 1. The largest absolute Gasteiger partial charge is 0.346 e. The van der Waals surface area contributed by atoms with Crippen LogP contribution in [0.3, 0.4) is 0 Å². The summed E-state index contributed by atoms with van der Waals surface area (Å²) in [7, 11) is 0. The third kappa shape index (κ3) is 4.55. The van der Waals surface area contributed by atoms with Gasteiger partial charge in [-0.25, -0.2) is 5.43 Å². The van der Waals surface area contributed by atoms with Crippen molar-refractivity contribution in [2.24, 2.45) is 5.10 Å². The lowest BCUT2D eigenvalue weighted by Crippen LogP contribution is -2.41. The van der Waals surface area contributed by atoms with Crippen molar-refractivity contribution in [1.29, 1.82) is 0 Å². The summed E-state index contributed by atoms with van der Waals surface area (Å²) in [5, 5.41) is 6.63. The second-order valence-electron chi connectivity index (χ2n) is 3.85. The SMILES string of the molecule is CC(C)NC(=O)C(=O)N/N=C\c1ccccc1Cl. The number of amides is 2. The van der Waals surface area contributed by atoms with Crippen LogP contribution in [0.2, 0.25) is 5.02 Å². The number of hydrazone groups is 1. The van der Waals surface area contributed by atoms with Crippen LogP contribution in [0, 0.1) is 0 Å². The summed E-state index contributed by atoms with van der Waals surface area (Å²) in [6.07, 6.45) is 1.38. The van der Waals surface area contributed by atoms with Crippen LogP contribution >= 0.6 is 11.6 Å². The van der Waals surface area contributed by atoms with Crippen LogP contribution < -0.4 is 10.7 Å². The fourth-order valence-corrected chi connectivity index (χ4v) is 1.30. The average Bonchev–Trinajstić information content (AvgIpc) is 2.30. The zero-order chi connectivity index (χ0) is 13.5. The Labute approximate surface area is 110 Å². The topological polar surface area (TPSA) is 70.6 Å². The van der Waals surface area contributed by atoms with Crippen LogP contribution in [-0.2, 0) is 9.59 Å². The highest BCUT2D eigenvalue weighted by Gasteiger charge is 2.12. The van der Waals surface area contributed by atoms with Gasteiger partial charge in [-0.15, -0.1) is 0 Å². The molecule has 1 aromatic carbocycles. The van der Waals surface area contributed by atoms with E-state index in [1.54, 1.807) is 38.1 Å². The number of hydrogen-bond acceptors (Lipinski definition) is 3. The van der Waals surface area contributed by atoms with Crippen molar-refractivity contribution in [1.82, 2.24) is 10.7 Å². The summed E-state index contributed by atoms with van der Waals surface area (Å²) in [5.41, 5.74) is 2.78. The highest BCUT2D eigenvalue weighted by Crippen LogP contribution is 2.11. The molecular weight excluding hydrogens is 254 g/mol. The monoisotopic (exact) mass is 267 g/mol. The van der Waals surface area contributed by atoms with Crippen molar-refractivity contribution >= 4 is 29.6 Å². The van der Waals surface area contributed by atoms with Gasteiger partial charge in [0, 0.05) is 16.6 Å². The molecule has 0 aromatic heterocycles. The van der Waals surface area contributed by atoms with Gasteiger partial charge in [0.2, 0.25) is 0 Å². The first-order valence-corrected chi connectivity index (χ1v) is 5.77. The lowest BCUT2D eigenvalue weighted by molar-refractivity contribution is -0.139. The Morgan fingerprint density at radius 1 is 1.28 bits per heavy atom. The van der Waals surface area contributed by atoms with E-state index in [0.29, 0.717) is 10.6 Å². The lowest BCUT2D eigenvalue weighted by Gasteiger charge is -2.06. The molecule has 0 atom stereocenters. The van der Waals surface area contributed by atoms with Crippen molar-refractivity contribution < 1.29 is 9.59 Å². The number of carbonyl (C=O) groups excluding carboxylic acids is 2. The highest BCUT2D eigenvalue weighted by molar-refractivity contribution is 6.35. The summed E-state index contributed by atoms with van der Waals surface area (Å²) in [5.74, 6) is -1.53. The fourth-order valence-electron chi connectivity index (χ4n) is 1.12. The predicted molar refractivity (Wildman–Crippen MR) is 70.5 cm³/mol. The molecule has 18 heavy (non-hydrogen) atoms. The smallest absolute Gasteiger partial charge is 0.329 e. The molecule has 2 N–H and O–H groups in total. The standard InChI is InChI=1S/C12H14ClN3O2/c1-8(2)15-11(17)12(18)16-14-7-9-5-3-4-6-10(9)13/h3-8H,1-2H3,(H,15,17)(H,16,18)/b14-7-. The minimum Gasteiger partial charge on any atom is -0.346 e. The maximum absolute atomic E-state index is 11.3. The van der Waals surface area contributed by atoms with Crippen LogP contribution in [-0.4, -0.2) is 24.1 Å². The van der Waals surface area contributed by atoms with Gasteiger partial charge in [0.1, 0.15) is 0 Å². The van der Waals surface area contributed by atoms with E-state index in [1.165, 1.54) is 6.21 Å². The minimum absolute atomic E-state index is 0.101. The minimum atomic E-state index is -0.813. The second kappa shape index (κ2) is 6.76. The Balaban J connectivity index is 2.53. The molecule has 0 aliphatic heterocycles. The summed E-state index contributed by atoms with van der Waals surface area (Å²) < 4.78 is 0. The Bertz CT molecular complexity index is 472. The van der Waals surface area contributed by atoms with Crippen LogP contribution in [0.15, 0.2) is 29.4 Å². The molecule has 0 heterocycles. The van der Waals surface area contributed by atoms with Crippen molar-refractivity contribution in [3.05, 3.63) is 34.9 Å². The molecule has 0 spiro atoms. The molecule has 6 heteroatoms. The molecule has 2 amide bonds. The van der Waals surface area contributed by atoms with Crippen LogP contribution in [0.5, 0.6) is 0 Å². The Morgan fingerprint density at radius 2 is 1.94 bits per heavy atom. The summed E-state index contributed by atoms with van der Waals surface area (Å²) >= 11 is 5.89. The van der Waals surface area contributed by atoms with E-state index in [-0.39, 0.29) is 6.04 Å². The molecule has 1 aromatic rings. The molecule has 0 saturated heterocycles. The Kier molecular flexibility index (Phi) is 5.32. The summed E-state index contributed by atoms with van der Waals surface area (Å²) in [4.78, 5) is 22.5. The first-order valence-electron chi connectivity index (χ1n) is 5.39. The van der Waals surface area contributed by atoms with E-state index >= 15 is 0 Å². The molecule has 96 valence electrons. The molecule has 0 aliphatic carbocycles. The van der Waals surface area contributed by atoms with Crippen molar-refractivity contribution in [3.8, 4) is 0 Å². The van der Waals surface area contributed by atoms with Gasteiger partial charge in [-0.2, -0.15) is 5.10 Å². The van der Waals surface area contributed by atoms with Gasteiger partial charge in [-0.05, 0) is 19.9 Å². The molecule has 5 nitrogen and oxygen atoms in total.